The summed E-state index contributed by atoms with van der Waals surface area (Å²) in [5.41, 5.74) is 2.22. The molecular weight excluding hydrogens is 279 g/mol. The Kier molecular flexibility index (Phi) is 4.42. The zero-order valence-corrected chi connectivity index (χ0v) is 13.1. The van der Waals surface area contributed by atoms with Crippen molar-refractivity contribution in [2.45, 2.75) is 32.4 Å². The number of halogens is 1. The van der Waals surface area contributed by atoms with E-state index in [0.717, 1.165) is 44.6 Å². The first-order valence-corrected chi connectivity index (χ1v) is 8.06. The molecule has 2 aliphatic rings. The lowest BCUT2D eigenvalue weighted by Crippen LogP contribution is -2.42. The van der Waals surface area contributed by atoms with Gasteiger partial charge in [-0.1, -0.05) is 0 Å². The summed E-state index contributed by atoms with van der Waals surface area (Å²) in [6.07, 6.45) is 3.98. The van der Waals surface area contributed by atoms with Gasteiger partial charge < -0.3 is 5.32 Å². The lowest BCUT2D eigenvalue weighted by atomic mass is 9.78. The first-order valence-electron chi connectivity index (χ1n) is 8.06. The van der Waals surface area contributed by atoms with E-state index in [1.165, 1.54) is 12.6 Å². The van der Waals surface area contributed by atoms with Crippen molar-refractivity contribution in [3.63, 3.8) is 0 Å². The Hall–Kier alpha value is -1.51. The van der Waals surface area contributed by atoms with Gasteiger partial charge in [0.2, 0.25) is 0 Å². The standard InChI is InChI=1S/C17H23FN4/c1-13-8-16(21-10-14(13)9-19)15(18)11-22-6-3-17(4-7-22)2-5-20-12-17/h8,10,15,20H,2-7,11-12H2,1H3/t15-/m0/s1. The Labute approximate surface area is 131 Å². The number of nitrogens with zero attached hydrogens (tertiary/aromatic N) is 3. The van der Waals surface area contributed by atoms with E-state index in [1.54, 1.807) is 6.07 Å². The van der Waals surface area contributed by atoms with E-state index < -0.39 is 6.17 Å². The molecule has 1 aromatic rings. The molecule has 1 atom stereocenters. The summed E-state index contributed by atoms with van der Waals surface area (Å²) in [5.74, 6) is 0. The molecule has 0 bridgehead atoms. The van der Waals surface area contributed by atoms with Crippen LogP contribution in [0.3, 0.4) is 0 Å². The fourth-order valence-corrected chi connectivity index (χ4v) is 3.62. The molecule has 0 unspecified atom stereocenters. The minimum atomic E-state index is -1.08. The van der Waals surface area contributed by atoms with Gasteiger partial charge in [0.15, 0.2) is 6.17 Å². The fraction of sp³-hybridized carbons (Fsp3) is 0.647. The van der Waals surface area contributed by atoms with E-state index >= 15 is 0 Å². The van der Waals surface area contributed by atoms with Crippen LogP contribution in [0.1, 0.15) is 42.3 Å². The highest BCUT2D eigenvalue weighted by Crippen LogP contribution is 2.37. The van der Waals surface area contributed by atoms with Crippen molar-refractivity contribution in [1.82, 2.24) is 15.2 Å². The molecule has 4 nitrogen and oxygen atoms in total. The van der Waals surface area contributed by atoms with Gasteiger partial charge in [-0.2, -0.15) is 5.26 Å². The van der Waals surface area contributed by atoms with Crippen LogP contribution in [0.2, 0.25) is 0 Å². The number of aromatic nitrogens is 1. The summed E-state index contributed by atoms with van der Waals surface area (Å²) >= 11 is 0. The van der Waals surface area contributed by atoms with Gasteiger partial charge in [0.05, 0.1) is 11.3 Å². The molecule has 0 saturated carbocycles. The van der Waals surface area contributed by atoms with E-state index in [1.807, 2.05) is 6.92 Å². The van der Waals surface area contributed by atoms with Crippen LogP contribution in [0.15, 0.2) is 12.3 Å². The number of nitriles is 1. The Morgan fingerprint density at radius 2 is 2.23 bits per heavy atom. The van der Waals surface area contributed by atoms with E-state index in [-0.39, 0.29) is 0 Å². The lowest BCUT2D eigenvalue weighted by molar-refractivity contribution is 0.0943. The predicted molar refractivity (Wildman–Crippen MR) is 83.1 cm³/mol. The van der Waals surface area contributed by atoms with Crippen LogP contribution in [0, 0.1) is 23.7 Å². The third-order valence-electron chi connectivity index (χ3n) is 5.24. The summed E-state index contributed by atoms with van der Waals surface area (Å²) < 4.78 is 14.5. The number of pyridine rings is 1. The summed E-state index contributed by atoms with van der Waals surface area (Å²) in [5, 5.41) is 12.4. The average molecular weight is 302 g/mol. The van der Waals surface area contributed by atoms with Crippen LogP contribution < -0.4 is 5.32 Å². The lowest BCUT2D eigenvalue weighted by Gasteiger charge is -2.39. The number of nitrogens with one attached hydrogen (secondary N) is 1. The quantitative estimate of drug-likeness (QED) is 0.931. The third kappa shape index (κ3) is 3.13. The number of likely N-dealkylation sites (tertiary alicyclic amines) is 1. The minimum absolute atomic E-state index is 0.405. The number of piperidine rings is 1. The maximum atomic E-state index is 14.5. The van der Waals surface area contributed by atoms with Gasteiger partial charge in [-0.25, -0.2) is 4.39 Å². The second kappa shape index (κ2) is 6.31. The molecule has 2 saturated heterocycles. The molecule has 0 aliphatic carbocycles. The van der Waals surface area contributed by atoms with Crippen LogP contribution in [0.4, 0.5) is 4.39 Å². The minimum Gasteiger partial charge on any atom is -0.316 e. The van der Waals surface area contributed by atoms with Gasteiger partial charge in [-0.15, -0.1) is 0 Å². The highest BCUT2D eigenvalue weighted by Gasteiger charge is 2.37. The van der Waals surface area contributed by atoms with Crippen molar-refractivity contribution in [2.24, 2.45) is 5.41 Å². The second-order valence-electron chi connectivity index (χ2n) is 6.73. The average Bonchev–Trinajstić information content (AvgIpc) is 2.98. The van der Waals surface area contributed by atoms with Crippen molar-refractivity contribution in [1.29, 1.82) is 5.26 Å². The number of hydrogen-bond donors (Lipinski definition) is 1. The molecule has 3 heterocycles. The molecule has 3 rings (SSSR count). The van der Waals surface area contributed by atoms with Crippen molar-refractivity contribution < 1.29 is 4.39 Å². The predicted octanol–water partition coefficient (Wildman–Crippen LogP) is 2.35. The SMILES string of the molecule is Cc1cc([C@@H](F)CN2CCC3(CCNC3)CC2)ncc1C#N. The van der Waals surface area contributed by atoms with Gasteiger partial charge in [0.1, 0.15) is 6.07 Å². The molecule has 0 amide bonds. The van der Waals surface area contributed by atoms with E-state index in [0.29, 0.717) is 23.2 Å². The Morgan fingerprint density at radius 1 is 1.45 bits per heavy atom. The highest BCUT2D eigenvalue weighted by molar-refractivity contribution is 5.35. The molecule has 5 heteroatoms. The van der Waals surface area contributed by atoms with Crippen molar-refractivity contribution in [2.75, 3.05) is 32.7 Å². The summed E-state index contributed by atoms with van der Waals surface area (Å²) in [6.45, 7) is 6.42. The number of alkyl halides is 1. The molecule has 2 fully saturated rings. The van der Waals surface area contributed by atoms with Gasteiger partial charge in [0, 0.05) is 19.3 Å². The Bertz CT molecular complexity index is 565. The van der Waals surface area contributed by atoms with Gasteiger partial charge in [0.25, 0.3) is 0 Å². The topological polar surface area (TPSA) is 52.0 Å². The largest absolute Gasteiger partial charge is 0.316 e. The molecule has 1 spiro atoms. The van der Waals surface area contributed by atoms with Crippen LogP contribution >= 0.6 is 0 Å². The molecule has 118 valence electrons. The summed E-state index contributed by atoms with van der Waals surface area (Å²) in [6, 6.07) is 3.77. The number of hydrogen-bond acceptors (Lipinski definition) is 4. The summed E-state index contributed by atoms with van der Waals surface area (Å²) in [7, 11) is 0. The molecule has 2 aliphatic heterocycles. The second-order valence-corrected chi connectivity index (χ2v) is 6.73. The molecule has 1 aromatic heterocycles. The fourth-order valence-electron chi connectivity index (χ4n) is 3.62. The van der Waals surface area contributed by atoms with Gasteiger partial charge in [-0.05, 0) is 62.9 Å². The molecule has 0 aromatic carbocycles. The maximum absolute atomic E-state index is 14.5. The van der Waals surface area contributed by atoms with Crippen LogP contribution in [-0.2, 0) is 0 Å². The smallest absolute Gasteiger partial charge is 0.154 e. The van der Waals surface area contributed by atoms with Crippen LogP contribution in [-0.4, -0.2) is 42.6 Å². The Balaban J connectivity index is 1.57. The Morgan fingerprint density at radius 3 is 2.82 bits per heavy atom. The highest BCUT2D eigenvalue weighted by atomic mass is 19.1. The first-order chi connectivity index (χ1) is 10.6. The molecule has 22 heavy (non-hydrogen) atoms. The van der Waals surface area contributed by atoms with Crippen LogP contribution in [0.25, 0.3) is 0 Å². The first kappa shape index (κ1) is 15.4. The van der Waals surface area contributed by atoms with Gasteiger partial charge in [-0.3, -0.25) is 9.88 Å². The molecule has 0 radical (unpaired) electrons. The number of rotatable bonds is 3. The van der Waals surface area contributed by atoms with Gasteiger partial charge >= 0.3 is 0 Å². The zero-order chi connectivity index (χ0) is 15.6. The van der Waals surface area contributed by atoms with E-state index in [4.69, 9.17) is 5.26 Å². The molecule has 1 N–H and O–H groups in total. The van der Waals surface area contributed by atoms with Crippen molar-refractivity contribution in [3.8, 4) is 6.07 Å². The maximum Gasteiger partial charge on any atom is 0.154 e. The van der Waals surface area contributed by atoms with Crippen molar-refractivity contribution in [3.05, 3.63) is 29.1 Å². The monoisotopic (exact) mass is 302 g/mol. The molecular formula is C17H23FN4. The van der Waals surface area contributed by atoms with E-state index in [9.17, 15) is 4.39 Å². The number of aryl methyl sites for hydroxylation is 1. The zero-order valence-electron chi connectivity index (χ0n) is 13.1. The third-order valence-corrected chi connectivity index (χ3v) is 5.24. The van der Waals surface area contributed by atoms with Crippen molar-refractivity contribution >= 4 is 0 Å². The summed E-state index contributed by atoms with van der Waals surface area (Å²) in [4.78, 5) is 6.32. The van der Waals surface area contributed by atoms with E-state index in [2.05, 4.69) is 21.3 Å². The normalized spacial score (nSPS) is 22.6. The van der Waals surface area contributed by atoms with Crippen LogP contribution in [0.5, 0.6) is 0 Å².